The molecule has 1 amide bonds. The Bertz CT molecular complexity index is 902. The predicted octanol–water partition coefficient (Wildman–Crippen LogP) is -0.0697. The molecule has 8 heteroatoms. The lowest BCUT2D eigenvalue weighted by Crippen LogP contribution is -2.36. The summed E-state index contributed by atoms with van der Waals surface area (Å²) in [6.07, 6.45) is 1.98. The molecule has 1 aliphatic heterocycles. The fourth-order valence-corrected chi connectivity index (χ4v) is 2.78. The normalized spacial score (nSPS) is 16.9. The molecule has 1 aliphatic rings. The Labute approximate surface area is 144 Å². The summed E-state index contributed by atoms with van der Waals surface area (Å²) in [5.41, 5.74) is 0.372. The minimum atomic E-state index is -0.307. The van der Waals surface area contributed by atoms with Gasteiger partial charge >= 0.3 is 0 Å². The summed E-state index contributed by atoms with van der Waals surface area (Å²) in [4.78, 5) is 37.4. The van der Waals surface area contributed by atoms with Crippen molar-refractivity contribution in [1.82, 2.24) is 19.2 Å². The number of carbonyl (C=O) groups excluding carboxylic acids is 1. The zero-order chi connectivity index (χ0) is 18.0. The molecule has 1 unspecified atom stereocenters. The molecule has 0 radical (unpaired) electrons. The van der Waals surface area contributed by atoms with E-state index in [9.17, 15) is 14.4 Å². The largest absolute Gasteiger partial charge is 0.488 e. The number of hydrogen-bond acceptors (Lipinski definition) is 5. The van der Waals surface area contributed by atoms with E-state index in [1.807, 2.05) is 6.92 Å². The van der Waals surface area contributed by atoms with Crippen LogP contribution in [0.1, 0.15) is 12.1 Å². The van der Waals surface area contributed by atoms with Crippen LogP contribution in [-0.2, 0) is 18.4 Å². The first-order chi connectivity index (χ1) is 11.9. The van der Waals surface area contributed by atoms with E-state index >= 15 is 0 Å². The maximum absolute atomic E-state index is 12.3. The number of carbonyl (C=O) groups is 1. The van der Waals surface area contributed by atoms with Crippen LogP contribution in [0.5, 0.6) is 5.75 Å². The van der Waals surface area contributed by atoms with Gasteiger partial charge in [0.2, 0.25) is 5.91 Å². The molecule has 1 atom stereocenters. The van der Waals surface area contributed by atoms with Gasteiger partial charge in [0.15, 0.2) is 0 Å². The molecular weight excluding hydrogens is 324 g/mol. The Balaban J connectivity index is 1.62. The van der Waals surface area contributed by atoms with Gasteiger partial charge in [-0.25, -0.2) is 4.68 Å². The highest BCUT2D eigenvalue weighted by Gasteiger charge is 2.28. The summed E-state index contributed by atoms with van der Waals surface area (Å²) in [7, 11) is 1.71. The Morgan fingerprint density at radius 2 is 2.12 bits per heavy atom. The van der Waals surface area contributed by atoms with Crippen LogP contribution in [0.15, 0.2) is 40.1 Å². The molecule has 3 heterocycles. The van der Waals surface area contributed by atoms with Crippen molar-refractivity contribution < 1.29 is 9.53 Å². The molecule has 0 bridgehead atoms. The SMILES string of the molecule is Cc1cc(OC2CCN(C(=O)Cn3ncccc3=O)C2)cc(=O)n1C. The van der Waals surface area contributed by atoms with Gasteiger partial charge in [-0.05, 0) is 19.1 Å². The molecule has 2 aromatic rings. The highest BCUT2D eigenvalue weighted by molar-refractivity contribution is 5.76. The number of ether oxygens (including phenoxy) is 1. The van der Waals surface area contributed by atoms with Gasteiger partial charge in [0, 0.05) is 44.0 Å². The molecule has 1 saturated heterocycles. The van der Waals surface area contributed by atoms with E-state index in [1.54, 1.807) is 22.6 Å². The molecule has 132 valence electrons. The van der Waals surface area contributed by atoms with Crippen LogP contribution in [0.2, 0.25) is 0 Å². The van der Waals surface area contributed by atoms with Crippen molar-refractivity contribution in [3.63, 3.8) is 0 Å². The maximum Gasteiger partial charge on any atom is 0.267 e. The van der Waals surface area contributed by atoms with Crippen LogP contribution in [0.4, 0.5) is 0 Å². The van der Waals surface area contributed by atoms with Crippen molar-refractivity contribution in [2.75, 3.05) is 13.1 Å². The van der Waals surface area contributed by atoms with Crippen LogP contribution >= 0.6 is 0 Å². The second-order valence-corrected chi connectivity index (χ2v) is 6.12. The summed E-state index contributed by atoms with van der Waals surface area (Å²) < 4.78 is 8.54. The first kappa shape index (κ1) is 16.9. The van der Waals surface area contributed by atoms with E-state index in [4.69, 9.17) is 4.74 Å². The number of amides is 1. The van der Waals surface area contributed by atoms with Crippen molar-refractivity contribution in [3.05, 3.63) is 56.9 Å². The van der Waals surface area contributed by atoms with Crippen LogP contribution in [0.25, 0.3) is 0 Å². The zero-order valence-electron chi connectivity index (χ0n) is 14.2. The van der Waals surface area contributed by atoms with Crippen LogP contribution in [0.3, 0.4) is 0 Å². The fraction of sp³-hybridized carbons (Fsp3) is 0.412. The quantitative estimate of drug-likeness (QED) is 0.775. The summed E-state index contributed by atoms with van der Waals surface area (Å²) in [5, 5.41) is 3.89. The first-order valence-electron chi connectivity index (χ1n) is 8.08. The Morgan fingerprint density at radius 3 is 2.84 bits per heavy atom. The van der Waals surface area contributed by atoms with Crippen molar-refractivity contribution in [2.45, 2.75) is 26.0 Å². The summed E-state index contributed by atoms with van der Waals surface area (Å²) in [6.45, 7) is 2.73. The van der Waals surface area contributed by atoms with Crippen molar-refractivity contribution >= 4 is 5.91 Å². The lowest BCUT2D eigenvalue weighted by molar-refractivity contribution is -0.131. The second kappa shape index (κ2) is 6.92. The third kappa shape index (κ3) is 3.78. The van der Waals surface area contributed by atoms with Crippen molar-refractivity contribution in [3.8, 4) is 5.75 Å². The number of likely N-dealkylation sites (tertiary alicyclic amines) is 1. The molecule has 1 fully saturated rings. The van der Waals surface area contributed by atoms with Gasteiger partial charge in [0.25, 0.3) is 11.1 Å². The highest BCUT2D eigenvalue weighted by Crippen LogP contribution is 2.18. The fourth-order valence-electron chi connectivity index (χ4n) is 2.78. The van der Waals surface area contributed by atoms with E-state index in [0.717, 1.165) is 10.4 Å². The second-order valence-electron chi connectivity index (χ2n) is 6.12. The number of hydrogen-bond donors (Lipinski definition) is 0. The average Bonchev–Trinajstić information content (AvgIpc) is 3.03. The Morgan fingerprint density at radius 1 is 1.32 bits per heavy atom. The molecule has 0 aromatic carbocycles. The van der Waals surface area contributed by atoms with Gasteiger partial charge in [-0.15, -0.1) is 0 Å². The summed E-state index contributed by atoms with van der Waals surface area (Å²) in [6, 6.07) is 6.16. The predicted molar refractivity (Wildman–Crippen MR) is 90.5 cm³/mol. The minimum absolute atomic E-state index is 0.0859. The summed E-state index contributed by atoms with van der Waals surface area (Å²) in [5.74, 6) is 0.341. The van der Waals surface area contributed by atoms with Gasteiger partial charge < -0.3 is 14.2 Å². The van der Waals surface area contributed by atoms with Gasteiger partial charge in [-0.1, -0.05) is 0 Å². The monoisotopic (exact) mass is 344 g/mol. The topological polar surface area (TPSA) is 86.4 Å². The van der Waals surface area contributed by atoms with Gasteiger partial charge in [-0.2, -0.15) is 5.10 Å². The third-order valence-electron chi connectivity index (χ3n) is 4.35. The van der Waals surface area contributed by atoms with Crippen LogP contribution < -0.4 is 15.9 Å². The number of rotatable bonds is 4. The molecule has 2 aromatic heterocycles. The number of aromatic nitrogens is 3. The minimum Gasteiger partial charge on any atom is -0.488 e. The number of aryl methyl sites for hydroxylation is 1. The molecule has 8 nitrogen and oxygen atoms in total. The molecule has 3 rings (SSSR count). The molecule has 0 saturated carbocycles. The maximum atomic E-state index is 12.3. The lowest BCUT2D eigenvalue weighted by Gasteiger charge is -2.18. The van der Waals surface area contributed by atoms with Gasteiger partial charge in [0.1, 0.15) is 18.4 Å². The van der Waals surface area contributed by atoms with Crippen molar-refractivity contribution in [2.24, 2.45) is 7.05 Å². The van der Waals surface area contributed by atoms with Crippen LogP contribution in [0, 0.1) is 6.92 Å². The molecule has 0 aliphatic carbocycles. The number of nitrogens with zero attached hydrogens (tertiary/aromatic N) is 4. The van der Waals surface area contributed by atoms with Crippen LogP contribution in [-0.4, -0.2) is 44.3 Å². The van der Waals surface area contributed by atoms with Crippen molar-refractivity contribution in [1.29, 1.82) is 0 Å². The van der Waals surface area contributed by atoms with E-state index in [0.29, 0.717) is 25.3 Å². The van der Waals surface area contributed by atoms with E-state index in [2.05, 4.69) is 5.10 Å². The van der Waals surface area contributed by atoms with Gasteiger partial charge in [-0.3, -0.25) is 14.4 Å². The summed E-state index contributed by atoms with van der Waals surface area (Å²) >= 11 is 0. The Kier molecular flexibility index (Phi) is 4.69. The third-order valence-corrected chi connectivity index (χ3v) is 4.35. The zero-order valence-corrected chi connectivity index (χ0v) is 14.2. The Hall–Kier alpha value is -2.90. The van der Waals surface area contributed by atoms with Gasteiger partial charge in [0.05, 0.1) is 6.54 Å². The molecule has 25 heavy (non-hydrogen) atoms. The lowest BCUT2D eigenvalue weighted by atomic mass is 10.3. The standard InChI is InChI=1S/C17H20N4O4/c1-12-8-14(9-16(23)19(12)2)25-13-5-7-20(10-13)17(24)11-21-15(22)4-3-6-18-21/h3-4,6,8-9,13H,5,7,10-11H2,1-2H3. The smallest absolute Gasteiger partial charge is 0.267 e. The molecular formula is C17H20N4O4. The highest BCUT2D eigenvalue weighted by atomic mass is 16.5. The molecule has 0 spiro atoms. The van der Waals surface area contributed by atoms with E-state index in [1.165, 1.54) is 24.4 Å². The van der Waals surface area contributed by atoms with E-state index in [-0.39, 0.29) is 29.7 Å². The van der Waals surface area contributed by atoms with E-state index < -0.39 is 0 Å². The molecule has 0 N–H and O–H groups in total. The number of pyridine rings is 1. The average molecular weight is 344 g/mol. The first-order valence-corrected chi connectivity index (χ1v) is 8.08.